The fraction of sp³-hybridized carbons (Fsp3) is 0.333. The molecule has 1 unspecified atom stereocenters. The monoisotopic (exact) mass is 180 g/mol. The van der Waals surface area contributed by atoms with E-state index in [4.69, 9.17) is 5.73 Å². The Morgan fingerprint density at radius 2 is 2.71 bits per heavy atom. The Hall–Kier alpha value is 0.330. The van der Waals surface area contributed by atoms with Gasteiger partial charge in [-0.1, -0.05) is 11.8 Å². The maximum absolute atomic E-state index is 5.39. The Morgan fingerprint density at radius 1 is 2.00 bits per heavy atom. The molecule has 0 fully saturated rings. The molecule has 0 saturated heterocycles. The highest BCUT2D eigenvalue weighted by atomic mass is 79.9. The fourth-order valence-electron chi connectivity index (χ4n) is 0.337. The molecule has 0 aromatic rings. The van der Waals surface area contributed by atoms with Gasteiger partial charge in [-0.2, -0.15) is 0 Å². The van der Waals surface area contributed by atoms with Gasteiger partial charge in [0.05, 0.1) is 3.81 Å². The van der Waals surface area contributed by atoms with E-state index in [2.05, 4.69) is 21.2 Å². The molecule has 0 spiro atoms. The highest BCUT2D eigenvalue weighted by Gasteiger charge is 2.07. The van der Waals surface area contributed by atoms with Gasteiger partial charge >= 0.3 is 0 Å². The summed E-state index contributed by atoms with van der Waals surface area (Å²) in [5, 5.41) is 2.90. The van der Waals surface area contributed by atoms with Crippen LogP contribution in [0.25, 0.3) is 0 Å². The molecule has 40 valence electrons. The molecule has 1 aliphatic heterocycles. The zero-order valence-corrected chi connectivity index (χ0v) is 5.92. The van der Waals surface area contributed by atoms with E-state index in [-0.39, 0.29) is 5.50 Å². The van der Waals surface area contributed by atoms with Crippen LogP contribution in [0.1, 0.15) is 0 Å². The van der Waals surface area contributed by atoms with Crippen molar-refractivity contribution in [3.63, 3.8) is 0 Å². The second-order valence-corrected chi connectivity index (χ2v) is 3.72. The van der Waals surface area contributed by atoms with Gasteiger partial charge in [0.1, 0.15) is 5.50 Å². The van der Waals surface area contributed by atoms with Crippen LogP contribution in [-0.4, -0.2) is 5.50 Å². The summed E-state index contributed by atoms with van der Waals surface area (Å²) in [7, 11) is 0. The van der Waals surface area contributed by atoms with Crippen molar-refractivity contribution < 1.29 is 0 Å². The lowest BCUT2D eigenvalue weighted by Gasteiger charge is -1.97. The Kier molecular flexibility index (Phi) is 1.61. The largest absolute Gasteiger partial charge is 0.366 e. The third-order valence-corrected chi connectivity index (χ3v) is 2.12. The molecule has 0 radical (unpaired) electrons. The van der Waals surface area contributed by atoms with E-state index in [1.807, 2.05) is 6.20 Å². The molecule has 2 nitrogen and oxygen atoms in total. The summed E-state index contributed by atoms with van der Waals surface area (Å²) in [5.41, 5.74) is 5.45. The highest BCUT2D eigenvalue weighted by molar-refractivity contribution is 9.14. The molecule has 1 heterocycles. The van der Waals surface area contributed by atoms with Crippen LogP contribution < -0.4 is 11.1 Å². The predicted molar refractivity (Wildman–Crippen MR) is 35.7 cm³/mol. The molecular weight excluding hydrogens is 176 g/mol. The minimum Gasteiger partial charge on any atom is -0.366 e. The van der Waals surface area contributed by atoms with Crippen molar-refractivity contribution in [1.29, 1.82) is 0 Å². The van der Waals surface area contributed by atoms with Crippen molar-refractivity contribution >= 4 is 27.7 Å². The number of hydrogen-bond donors (Lipinski definition) is 2. The van der Waals surface area contributed by atoms with Crippen molar-refractivity contribution in [2.75, 3.05) is 0 Å². The van der Waals surface area contributed by atoms with Gasteiger partial charge in [-0.05, 0) is 15.9 Å². The Morgan fingerprint density at radius 3 is 2.86 bits per heavy atom. The lowest BCUT2D eigenvalue weighted by atomic mass is 10.9. The molecule has 0 saturated carbocycles. The third kappa shape index (κ3) is 1.36. The molecule has 1 rings (SSSR count). The first kappa shape index (κ1) is 5.47. The van der Waals surface area contributed by atoms with Crippen LogP contribution in [0.2, 0.25) is 0 Å². The normalized spacial score (nSPS) is 29.4. The van der Waals surface area contributed by atoms with Crippen LogP contribution >= 0.6 is 27.7 Å². The van der Waals surface area contributed by atoms with Gasteiger partial charge in [0.25, 0.3) is 0 Å². The van der Waals surface area contributed by atoms with E-state index in [1.54, 1.807) is 11.8 Å². The minimum atomic E-state index is 0.0503. The Bertz CT molecular complexity index is 103. The first-order valence-electron chi connectivity index (χ1n) is 1.83. The van der Waals surface area contributed by atoms with Crippen LogP contribution in [-0.2, 0) is 0 Å². The van der Waals surface area contributed by atoms with E-state index in [1.165, 1.54) is 0 Å². The van der Waals surface area contributed by atoms with Gasteiger partial charge < -0.3 is 11.1 Å². The van der Waals surface area contributed by atoms with Gasteiger partial charge in [-0.3, -0.25) is 0 Å². The molecule has 0 bridgehead atoms. The van der Waals surface area contributed by atoms with Crippen LogP contribution in [0.3, 0.4) is 0 Å². The van der Waals surface area contributed by atoms with Crippen molar-refractivity contribution in [2.45, 2.75) is 5.50 Å². The lowest BCUT2D eigenvalue weighted by Crippen LogP contribution is -2.25. The van der Waals surface area contributed by atoms with Crippen LogP contribution in [0.5, 0.6) is 0 Å². The average Bonchev–Trinajstić information content (AvgIpc) is 1.87. The van der Waals surface area contributed by atoms with Crippen molar-refractivity contribution in [3.8, 4) is 0 Å². The molecule has 7 heavy (non-hydrogen) atoms. The predicted octanol–water partition coefficient (Wildman–Crippen LogP) is 0.759. The summed E-state index contributed by atoms with van der Waals surface area (Å²) < 4.78 is 1.07. The summed E-state index contributed by atoms with van der Waals surface area (Å²) in [6, 6.07) is 0. The van der Waals surface area contributed by atoms with Crippen LogP contribution in [0.15, 0.2) is 10.0 Å². The first-order chi connectivity index (χ1) is 3.29. The molecule has 4 heteroatoms. The van der Waals surface area contributed by atoms with Gasteiger partial charge in [-0.15, -0.1) is 0 Å². The smallest absolute Gasteiger partial charge is 0.127 e. The molecule has 0 aromatic carbocycles. The van der Waals surface area contributed by atoms with E-state index >= 15 is 0 Å². The SMILES string of the molecule is NC1NC=C(Br)S1. The number of nitrogens with one attached hydrogen (secondary N) is 1. The van der Waals surface area contributed by atoms with Crippen molar-refractivity contribution in [1.82, 2.24) is 5.32 Å². The molecule has 3 N–H and O–H groups in total. The number of thioether (sulfide) groups is 1. The van der Waals surface area contributed by atoms with Gasteiger partial charge in [0.2, 0.25) is 0 Å². The maximum atomic E-state index is 5.39. The van der Waals surface area contributed by atoms with Crippen molar-refractivity contribution in [2.24, 2.45) is 5.73 Å². The molecule has 1 aliphatic rings. The average molecular weight is 181 g/mol. The highest BCUT2D eigenvalue weighted by Crippen LogP contribution is 2.26. The van der Waals surface area contributed by atoms with Crippen LogP contribution in [0, 0.1) is 0 Å². The zero-order chi connectivity index (χ0) is 5.28. The third-order valence-electron chi connectivity index (χ3n) is 0.601. The summed E-state index contributed by atoms with van der Waals surface area (Å²) in [6.45, 7) is 0. The number of rotatable bonds is 0. The molecule has 0 aromatic heterocycles. The fourth-order valence-corrected chi connectivity index (χ4v) is 1.59. The standard InChI is InChI=1S/C3H5BrN2S/c4-2-1-6-3(5)7-2/h1,3,6H,5H2. The van der Waals surface area contributed by atoms with E-state index in [9.17, 15) is 0 Å². The summed E-state index contributed by atoms with van der Waals surface area (Å²) in [4.78, 5) is 0. The summed E-state index contributed by atoms with van der Waals surface area (Å²) >= 11 is 4.82. The zero-order valence-electron chi connectivity index (χ0n) is 3.52. The van der Waals surface area contributed by atoms with Crippen molar-refractivity contribution in [3.05, 3.63) is 10.0 Å². The number of nitrogens with two attached hydrogens (primary N) is 1. The Labute approximate surface area is 54.7 Å². The van der Waals surface area contributed by atoms with Crippen LogP contribution in [0.4, 0.5) is 0 Å². The first-order valence-corrected chi connectivity index (χ1v) is 3.50. The number of hydrogen-bond acceptors (Lipinski definition) is 3. The Balaban J connectivity index is 2.42. The quantitative estimate of drug-likeness (QED) is 0.579. The van der Waals surface area contributed by atoms with Gasteiger partial charge in [-0.25, -0.2) is 0 Å². The summed E-state index contributed by atoms with van der Waals surface area (Å²) in [5.74, 6) is 0. The van der Waals surface area contributed by atoms with Gasteiger partial charge in [0, 0.05) is 6.20 Å². The second kappa shape index (κ2) is 2.07. The molecular formula is C3H5BrN2S. The lowest BCUT2D eigenvalue weighted by molar-refractivity contribution is 0.837. The number of halogens is 1. The molecule has 0 amide bonds. The topological polar surface area (TPSA) is 38.0 Å². The van der Waals surface area contributed by atoms with E-state index < -0.39 is 0 Å². The minimum absolute atomic E-state index is 0.0503. The van der Waals surface area contributed by atoms with E-state index in [0.29, 0.717) is 0 Å². The summed E-state index contributed by atoms with van der Waals surface area (Å²) in [6.07, 6.45) is 1.84. The van der Waals surface area contributed by atoms with Gasteiger partial charge in [0.15, 0.2) is 0 Å². The maximum Gasteiger partial charge on any atom is 0.127 e. The van der Waals surface area contributed by atoms with E-state index in [0.717, 1.165) is 3.81 Å². The second-order valence-electron chi connectivity index (χ2n) is 1.15. The molecule has 0 aliphatic carbocycles. The molecule has 1 atom stereocenters.